The Kier molecular flexibility index (Phi) is 4.21. The fraction of sp³-hybridized carbons (Fsp3) is 0.429. The molecule has 3 N–H and O–H groups in total. The lowest BCUT2D eigenvalue weighted by molar-refractivity contribution is 0.0692. The largest absolute Gasteiger partial charge is 0.476 e. The summed E-state index contributed by atoms with van der Waals surface area (Å²) in [6, 6.07) is 0. The summed E-state index contributed by atoms with van der Waals surface area (Å²) in [5, 5.41) is 11.8. The Balaban J connectivity index is 2.56. The Morgan fingerprint density at radius 2 is 2.31 bits per heavy atom. The number of nitrogens with one attached hydrogen (secondary N) is 2. The summed E-state index contributed by atoms with van der Waals surface area (Å²) in [5.41, 5.74) is 1.30. The molecular weight excluding hydrogens is 254 g/mol. The zero-order valence-corrected chi connectivity index (χ0v) is 10.1. The van der Waals surface area contributed by atoms with Gasteiger partial charge in [0, 0.05) is 6.54 Å². The highest BCUT2D eigenvalue weighted by atomic mass is 32.2. The van der Waals surface area contributed by atoms with Gasteiger partial charge in [-0.2, -0.15) is 0 Å². The number of aromatic carboxylic acids is 1. The SMILES string of the molecule is CNS(=O)(=O)CCNc1scnc1C(=O)O. The first-order chi connectivity index (χ1) is 7.46. The third-order valence-electron chi connectivity index (χ3n) is 1.74. The number of anilines is 1. The summed E-state index contributed by atoms with van der Waals surface area (Å²) in [5.74, 6) is -1.26. The number of aromatic nitrogens is 1. The summed E-state index contributed by atoms with van der Waals surface area (Å²) < 4.78 is 24.3. The summed E-state index contributed by atoms with van der Waals surface area (Å²) in [6.45, 7) is 0.131. The van der Waals surface area contributed by atoms with Gasteiger partial charge in [-0.3, -0.25) is 0 Å². The second-order valence-corrected chi connectivity index (χ2v) is 5.69. The van der Waals surface area contributed by atoms with Crippen molar-refractivity contribution in [1.82, 2.24) is 9.71 Å². The number of carboxylic acids is 1. The Labute approximate surface area is 96.6 Å². The Hall–Kier alpha value is -1.19. The molecule has 0 spiro atoms. The van der Waals surface area contributed by atoms with Crippen LogP contribution in [0.25, 0.3) is 0 Å². The molecule has 7 nitrogen and oxygen atoms in total. The predicted molar refractivity (Wildman–Crippen MR) is 60.4 cm³/mol. The number of carboxylic acid groups (broad SMARTS) is 1. The molecule has 1 aromatic heterocycles. The third-order valence-corrected chi connectivity index (χ3v) is 3.89. The molecule has 1 rings (SSSR count). The van der Waals surface area contributed by atoms with Gasteiger partial charge in [0.2, 0.25) is 10.0 Å². The molecule has 0 fully saturated rings. The molecule has 0 amide bonds. The molecule has 9 heteroatoms. The maximum absolute atomic E-state index is 11.1. The monoisotopic (exact) mass is 265 g/mol. The van der Waals surface area contributed by atoms with Crippen molar-refractivity contribution in [2.45, 2.75) is 0 Å². The van der Waals surface area contributed by atoms with Crippen molar-refractivity contribution in [3.63, 3.8) is 0 Å². The quantitative estimate of drug-likeness (QED) is 0.657. The van der Waals surface area contributed by atoms with Gasteiger partial charge in [-0.25, -0.2) is 22.9 Å². The zero-order valence-electron chi connectivity index (χ0n) is 8.43. The highest BCUT2D eigenvalue weighted by molar-refractivity contribution is 7.89. The van der Waals surface area contributed by atoms with Gasteiger partial charge < -0.3 is 10.4 Å². The predicted octanol–water partition coefficient (Wildman–Crippen LogP) is -0.198. The first-order valence-electron chi connectivity index (χ1n) is 4.28. The highest BCUT2D eigenvalue weighted by Gasteiger charge is 2.14. The molecular formula is C7H11N3O4S2. The van der Waals surface area contributed by atoms with Gasteiger partial charge in [-0.1, -0.05) is 0 Å². The van der Waals surface area contributed by atoms with E-state index in [1.807, 2.05) is 0 Å². The standard InChI is InChI=1S/C7H11N3O4S2/c1-8-16(13,14)3-2-9-6-5(7(11)12)10-4-15-6/h4,8-9H,2-3H2,1H3,(H,11,12). The number of thiazole rings is 1. The Bertz CT molecular complexity index is 468. The molecule has 0 aliphatic heterocycles. The molecule has 1 aromatic rings. The lowest BCUT2D eigenvalue weighted by atomic mass is 10.4. The minimum atomic E-state index is -3.28. The Morgan fingerprint density at radius 1 is 1.62 bits per heavy atom. The van der Waals surface area contributed by atoms with Crippen molar-refractivity contribution in [2.75, 3.05) is 24.7 Å². The van der Waals surface area contributed by atoms with E-state index in [0.717, 1.165) is 11.3 Å². The number of sulfonamides is 1. The van der Waals surface area contributed by atoms with Crippen molar-refractivity contribution >= 4 is 32.3 Å². The molecule has 0 radical (unpaired) electrons. The second-order valence-electron chi connectivity index (χ2n) is 2.79. The molecule has 0 unspecified atom stereocenters. The Morgan fingerprint density at radius 3 is 2.88 bits per heavy atom. The van der Waals surface area contributed by atoms with Crippen LogP contribution in [0.2, 0.25) is 0 Å². The van der Waals surface area contributed by atoms with Crippen LogP contribution in [0.15, 0.2) is 5.51 Å². The summed E-state index contributed by atoms with van der Waals surface area (Å²) in [6.07, 6.45) is 0. The van der Waals surface area contributed by atoms with E-state index in [4.69, 9.17) is 5.11 Å². The normalized spacial score (nSPS) is 11.3. The summed E-state index contributed by atoms with van der Waals surface area (Å²) in [4.78, 5) is 14.3. The van der Waals surface area contributed by atoms with Crippen LogP contribution < -0.4 is 10.0 Å². The number of hydrogen-bond donors (Lipinski definition) is 3. The molecule has 1 heterocycles. The fourth-order valence-corrected chi connectivity index (χ4v) is 2.20. The molecule has 0 bridgehead atoms. The van der Waals surface area contributed by atoms with Crippen LogP contribution in [0.1, 0.15) is 10.5 Å². The zero-order chi connectivity index (χ0) is 12.2. The van der Waals surface area contributed by atoms with E-state index in [0.29, 0.717) is 5.00 Å². The van der Waals surface area contributed by atoms with Crippen LogP contribution in [0.5, 0.6) is 0 Å². The maximum atomic E-state index is 11.1. The van der Waals surface area contributed by atoms with Crippen LogP contribution in [-0.4, -0.2) is 43.8 Å². The smallest absolute Gasteiger partial charge is 0.357 e. The maximum Gasteiger partial charge on any atom is 0.357 e. The third kappa shape index (κ3) is 3.43. The van der Waals surface area contributed by atoms with Gasteiger partial charge in [0.25, 0.3) is 0 Å². The van der Waals surface area contributed by atoms with Crippen molar-refractivity contribution in [3.8, 4) is 0 Å². The number of nitrogens with zero attached hydrogens (tertiary/aromatic N) is 1. The van der Waals surface area contributed by atoms with E-state index < -0.39 is 16.0 Å². The van der Waals surface area contributed by atoms with E-state index in [2.05, 4.69) is 15.0 Å². The average molecular weight is 265 g/mol. The minimum Gasteiger partial charge on any atom is -0.476 e. The molecule has 16 heavy (non-hydrogen) atoms. The minimum absolute atomic E-state index is 0.0909. The van der Waals surface area contributed by atoms with E-state index in [9.17, 15) is 13.2 Å². The van der Waals surface area contributed by atoms with E-state index in [-0.39, 0.29) is 18.0 Å². The van der Waals surface area contributed by atoms with Crippen molar-refractivity contribution in [3.05, 3.63) is 11.2 Å². The van der Waals surface area contributed by atoms with Crippen LogP contribution in [0, 0.1) is 0 Å². The topological polar surface area (TPSA) is 108 Å². The summed E-state index contributed by atoms with van der Waals surface area (Å²) in [7, 11) is -1.96. The van der Waals surface area contributed by atoms with Gasteiger partial charge in [-0.15, -0.1) is 11.3 Å². The molecule has 0 saturated carbocycles. The van der Waals surface area contributed by atoms with Crippen molar-refractivity contribution in [1.29, 1.82) is 0 Å². The van der Waals surface area contributed by atoms with Crippen molar-refractivity contribution in [2.24, 2.45) is 0 Å². The van der Waals surface area contributed by atoms with Crippen molar-refractivity contribution < 1.29 is 18.3 Å². The van der Waals surface area contributed by atoms with Crippen LogP contribution >= 0.6 is 11.3 Å². The van der Waals surface area contributed by atoms with Gasteiger partial charge in [-0.05, 0) is 7.05 Å². The fourth-order valence-electron chi connectivity index (χ4n) is 0.925. The van der Waals surface area contributed by atoms with Crippen LogP contribution in [0.3, 0.4) is 0 Å². The lowest BCUT2D eigenvalue weighted by Crippen LogP contribution is -2.26. The molecule has 0 aliphatic rings. The highest BCUT2D eigenvalue weighted by Crippen LogP contribution is 2.19. The molecule has 0 aromatic carbocycles. The van der Waals surface area contributed by atoms with E-state index in [1.165, 1.54) is 12.6 Å². The second kappa shape index (κ2) is 5.23. The van der Waals surface area contributed by atoms with Gasteiger partial charge in [0.15, 0.2) is 5.69 Å². The molecule has 90 valence electrons. The lowest BCUT2D eigenvalue weighted by Gasteiger charge is -2.04. The van der Waals surface area contributed by atoms with Gasteiger partial charge in [0.05, 0.1) is 11.3 Å². The molecule has 0 saturated heterocycles. The average Bonchev–Trinajstić information content (AvgIpc) is 2.66. The van der Waals surface area contributed by atoms with E-state index >= 15 is 0 Å². The number of carbonyl (C=O) groups is 1. The summed E-state index contributed by atoms with van der Waals surface area (Å²) >= 11 is 1.12. The number of hydrogen-bond acceptors (Lipinski definition) is 6. The first-order valence-corrected chi connectivity index (χ1v) is 6.81. The first kappa shape index (κ1) is 12.9. The van der Waals surface area contributed by atoms with Gasteiger partial charge in [0.1, 0.15) is 5.00 Å². The van der Waals surface area contributed by atoms with Crippen LogP contribution in [-0.2, 0) is 10.0 Å². The van der Waals surface area contributed by atoms with Gasteiger partial charge >= 0.3 is 5.97 Å². The number of rotatable bonds is 6. The van der Waals surface area contributed by atoms with Crippen LogP contribution in [0.4, 0.5) is 5.00 Å². The molecule has 0 aliphatic carbocycles. The molecule has 0 atom stereocenters. The van der Waals surface area contributed by atoms with E-state index in [1.54, 1.807) is 0 Å².